The van der Waals surface area contributed by atoms with Gasteiger partial charge in [0.2, 0.25) is 0 Å². The van der Waals surface area contributed by atoms with Crippen molar-refractivity contribution in [2.75, 3.05) is 11.9 Å². The van der Waals surface area contributed by atoms with Gasteiger partial charge in [0.25, 0.3) is 5.91 Å². The fraction of sp³-hybridized carbons (Fsp3) is 0.250. The molecule has 0 spiro atoms. The Balaban J connectivity index is 1.55. The van der Waals surface area contributed by atoms with E-state index in [0.717, 1.165) is 39.5 Å². The van der Waals surface area contributed by atoms with E-state index in [4.69, 9.17) is 17.0 Å². The van der Waals surface area contributed by atoms with Crippen molar-refractivity contribution in [2.24, 2.45) is 0 Å². The Hall–Kier alpha value is -2.44. The lowest BCUT2D eigenvalue weighted by atomic mass is 10.1. The summed E-state index contributed by atoms with van der Waals surface area (Å²) in [5.74, 6) is 0.461. The third-order valence-electron chi connectivity index (χ3n) is 4.68. The van der Waals surface area contributed by atoms with Crippen LogP contribution in [0.2, 0.25) is 0 Å². The molecule has 3 aromatic rings. The van der Waals surface area contributed by atoms with Gasteiger partial charge in [0.15, 0.2) is 5.11 Å². The number of unbranched alkanes of at least 4 members (excludes halogenated alkanes) is 3. The summed E-state index contributed by atoms with van der Waals surface area (Å²) < 4.78 is 6.55. The Morgan fingerprint density at radius 3 is 2.57 bits per heavy atom. The van der Waals surface area contributed by atoms with E-state index >= 15 is 0 Å². The zero-order chi connectivity index (χ0) is 21.3. The molecule has 3 rings (SSSR count). The number of carbonyl (C=O) groups is 1. The van der Waals surface area contributed by atoms with Crippen LogP contribution in [0.4, 0.5) is 5.69 Å². The van der Waals surface area contributed by atoms with Gasteiger partial charge in [0, 0.05) is 11.3 Å². The van der Waals surface area contributed by atoms with Gasteiger partial charge in [-0.3, -0.25) is 10.1 Å². The number of anilines is 1. The molecule has 0 fully saturated rings. The lowest BCUT2D eigenvalue weighted by Crippen LogP contribution is -2.34. The Morgan fingerprint density at radius 1 is 1.00 bits per heavy atom. The minimum Gasteiger partial charge on any atom is -0.492 e. The number of nitrogens with one attached hydrogen (secondary N) is 2. The molecule has 0 radical (unpaired) electrons. The smallest absolute Gasteiger partial charge is 0.257 e. The number of amides is 1. The first kappa shape index (κ1) is 22.2. The fourth-order valence-electron chi connectivity index (χ4n) is 3.07. The summed E-state index contributed by atoms with van der Waals surface area (Å²) in [7, 11) is 0. The van der Waals surface area contributed by atoms with Crippen LogP contribution in [0.1, 0.15) is 43.0 Å². The average Bonchev–Trinajstić information content (AvgIpc) is 2.74. The number of hydrogen-bond donors (Lipinski definition) is 2. The van der Waals surface area contributed by atoms with Gasteiger partial charge in [0.1, 0.15) is 5.75 Å². The van der Waals surface area contributed by atoms with Crippen LogP contribution in [0.25, 0.3) is 10.8 Å². The molecule has 0 aliphatic heterocycles. The predicted octanol–water partition coefficient (Wildman–Crippen LogP) is 6.69. The van der Waals surface area contributed by atoms with E-state index in [9.17, 15) is 4.79 Å². The quantitative estimate of drug-likeness (QED) is 0.276. The number of thiocarbonyl (C=S) groups is 1. The molecule has 0 aliphatic carbocycles. The topological polar surface area (TPSA) is 50.4 Å². The fourth-order valence-corrected chi connectivity index (χ4v) is 3.78. The largest absolute Gasteiger partial charge is 0.492 e. The summed E-state index contributed by atoms with van der Waals surface area (Å²) >= 11 is 8.79. The minimum atomic E-state index is -0.275. The SMILES string of the molecule is CCCCCCOc1ccc(C(=O)NC(=S)Nc2ccc3ccccc3c2)cc1Br. The van der Waals surface area contributed by atoms with Crippen LogP contribution >= 0.6 is 28.1 Å². The van der Waals surface area contributed by atoms with Gasteiger partial charge in [0.05, 0.1) is 11.1 Å². The molecule has 6 heteroatoms. The second-order valence-electron chi connectivity index (χ2n) is 7.02. The molecular formula is C24H25BrN2O2S. The van der Waals surface area contributed by atoms with Crippen molar-refractivity contribution < 1.29 is 9.53 Å². The Bertz CT molecular complexity index is 1040. The van der Waals surface area contributed by atoms with Crippen molar-refractivity contribution in [3.8, 4) is 5.75 Å². The van der Waals surface area contributed by atoms with E-state index in [-0.39, 0.29) is 11.0 Å². The lowest BCUT2D eigenvalue weighted by Gasteiger charge is -2.12. The highest BCUT2D eigenvalue weighted by molar-refractivity contribution is 9.10. The molecule has 30 heavy (non-hydrogen) atoms. The molecule has 2 N–H and O–H groups in total. The normalized spacial score (nSPS) is 10.6. The van der Waals surface area contributed by atoms with Gasteiger partial charge in [-0.15, -0.1) is 0 Å². The highest BCUT2D eigenvalue weighted by atomic mass is 79.9. The summed E-state index contributed by atoms with van der Waals surface area (Å²) in [5, 5.41) is 8.30. The van der Waals surface area contributed by atoms with Gasteiger partial charge in [-0.1, -0.05) is 56.5 Å². The van der Waals surface area contributed by atoms with Crippen LogP contribution < -0.4 is 15.4 Å². The highest BCUT2D eigenvalue weighted by Gasteiger charge is 2.11. The first-order valence-corrected chi connectivity index (χ1v) is 11.3. The molecule has 0 heterocycles. The van der Waals surface area contributed by atoms with E-state index in [1.165, 1.54) is 12.8 Å². The Kier molecular flexibility index (Phi) is 8.22. The summed E-state index contributed by atoms with van der Waals surface area (Å²) in [6, 6.07) is 19.3. The summed E-state index contributed by atoms with van der Waals surface area (Å²) in [6.07, 6.45) is 4.61. The molecule has 0 saturated heterocycles. The third kappa shape index (κ3) is 6.28. The summed E-state index contributed by atoms with van der Waals surface area (Å²) in [5.41, 5.74) is 1.33. The molecule has 1 amide bonds. The second kappa shape index (κ2) is 11.1. The van der Waals surface area contributed by atoms with Crippen molar-refractivity contribution in [1.82, 2.24) is 5.32 Å². The van der Waals surface area contributed by atoms with Crippen molar-refractivity contribution >= 4 is 55.6 Å². The molecule has 0 aliphatic rings. The van der Waals surface area contributed by atoms with Crippen LogP contribution in [-0.4, -0.2) is 17.6 Å². The number of rotatable bonds is 8. The predicted molar refractivity (Wildman–Crippen MR) is 131 cm³/mol. The van der Waals surface area contributed by atoms with E-state index in [1.807, 2.05) is 36.4 Å². The molecule has 0 saturated carbocycles. The average molecular weight is 485 g/mol. The first-order valence-electron chi connectivity index (χ1n) is 10.1. The zero-order valence-electron chi connectivity index (χ0n) is 16.9. The number of halogens is 1. The van der Waals surface area contributed by atoms with Crippen LogP contribution in [0, 0.1) is 0 Å². The Morgan fingerprint density at radius 2 is 1.80 bits per heavy atom. The number of hydrogen-bond acceptors (Lipinski definition) is 3. The molecule has 4 nitrogen and oxygen atoms in total. The number of ether oxygens (including phenoxy) is 1. The maximum Gasteiger partial charge on any atom is 0.257 e. The number of carbonyl (C=O) groups excluding carboxylic acids is 1. The number of fused-ring (bicyclic) bond motifs is 1. The van der Waals surface area contributed by atoms with Crippen LogP contribution in [0.3, 0.4) is 0 Å². The Labute approximate surface area is 191 Å². The molecule has 3 aromatic carbocycles. The summed E-state index contributed by atoms with van der Waals surface area (Å²) in [6.45, 7) is 2.86. The molecule has 0 aromatic heterocycles. The van der Waals surface area contributed by atoms with Crippen molar-refractivity contribution in [2.45, 2.75) is 32.6 Å². The number of benzene rings is 3. The van der Waals surface area contributed by atoms with E-state index < -0.39 is 0 Å². The standard InChI is InChI=1S/C24H25BrN2O2S/c1-2-3-4-7-14-29-22-13-11-19(16-21(22)25)23(28)27-24(30)26-20-12-10-17-8-5-6-9-18(17)15-20/h5-6,8-13,15-16H,2-4,7,14H2,1H3,(H2,26,27,28,30). The van der Waals surface area contributed by atoms with Crippen LogP contribution in [-0.2, 0) is 0 Å². The maximum atomic E-state index is 12.6. The van der Waals surface area contributed by atoms with E-state index in [2.05, 4.69) is 39.6 Å². The van der Waals surface area contributed by atoms with Crippen LogP contribution in [0.15, 0.2) is 65.1 Å². The van der Waals surface area contributed by atoms with Crippen molar-refractivity contribution in [1.29, 1.82) is 0 Å². The monoisotopic (exact) mass is 484 g/mol. The van der Waals surface area contributed by atoms with E-state index in [1.54, 1.807) is 18.2 Å². The van der Waals surface area contributed by atoms with Gasteiger partial charge in [-0.2, -0.15) is 0 Å². The first-order chi connectivity index (χ1) is 14.6. The molecular weight excluding hydrogens is 460 g/mol. The van der Waals surface area contributed by atoms with Crippen molar-refractivity contribution in [3.05, 3.63) is 70.7 Å². The molecule has 0 unspecified atom stereocenters. The molecule has 156 valence electrons. The van der Waals surface area contributed by atoms with Crippen molar-refractivity contribution in [3.63, 3.8) is 0 Å². The zero-order valence-corrected chi connectivity index (χ0v) is 19.3. The third-order valence-corrected chi connectivity index (χ3v) is 5.51. The highest BCUT2D eigenvalue weighted by Crippen LogP contribution is 2.26. The van der Waals surface area contributed by atoms with Gasteiger partial charge >= 0.3 is 0 Å². The minimum absolute atomic E-state index is 0.252. The van der Waals surface area contributed by atoms with Gasteiger partial charge in [-0.25, -0.2) is 0 Å². The van der Waals surface area contributed by atoms with Crippen LogP contribution in [0.5, 0.6) is 5.75 Å². The van der Waals surface area contributed by atoms with E-state index in [0.29, 0.717) is 12.2 Å². The summed E-state index contributed by atoms with van der Waals surface area (Å²) in [4.78, 5) is 12.6. The maximum absolute atomic E-state index is 12.6. The molecule has 0 atom stereocenters. The lowest BCUT2D eigenvalue weighted by molar-refractivity contribution is 0.0977. The molecule has 0 bridgehead atoms. The second-order valence-corrected chi connectivity index (χ2v) is 8.29. The van der Waals surface area contributed by atoms with Gasteiger partial charge in [-0.05, 0) is 75.7 Å². The van der Waals surface area contributed by atoms with Gasteiger partial charge < -0.3 is 10.1 Å².